The highest BCUT2D eigenvalue weighted by atomic mass is 16.7. The van der Waals surface area contributed by atoms with Crippen LogP contribution in [0.2, 0.25) is 0 Å². The maximum Gasteiger partial charge on any atom is 0.249 e. The first kappa shape index (κ1) is 26.4. The fraction of sp³-hybridized carbons (Fsp3) is 0.312. The molecule has 0 fully saturated rings. The number of rotatable bonds is 8. The van der Waals surface area contributed by atoms with E-state index in [9.17, 15) is 9.59 Å². The maximum atomic E-state index is 13.8. The SMILES string of the molecule is CCn1c(C)c(CC(=O)NC(Cc2ccccc2)C(=O)N(C)c2ccc3c(c2)OCO3)c2c(C)ccc(C)c21. The molecule has 4 aromatic rings. The highest BCUT2D eigenvalue weighted by Crippen LogP contribution is 2.35. The number of amides is 2. The van der Waals surface area contributed by atoms with E-state index in [4.69, 9.17) is 9.47 Å². The van der Waals surface area contributed by atoms with Crippen LogP contribution in [0, 0.1) is 20.8 Å². The summed E-state index contributed by atoms with van der Waals surface area (Å²) < 4.78 is 13.2. The van der Waals surface area contributed by atoms with Gasteiger partial charge in [0.05, 0.1) is 11.9 Å². The van der Waals surface area contributed by atoms with E-state index >= 15 is 0 Å². The lowest BCUT2D eigenvalue weighted by atomic mass is 10.00. The number of likely N-dealkylation sites (N-methyl/N-ethyl adjacent to an activating group) is 1. The number of nitrogens with zero attached hydrogens (tertiary/aromatic N) is 2. The average Bonchev–Trinajstić information content (AvgIpc) is 3.52. The van der Waals surface area contributed by atoms with Crippen molar-refractivity contribution < 1.29 is 19.1 Å². The fourth-order valence-corrected chi connectivity index (χ4v) is 5.56. The van der Waals surface area contributed by atoms with E-state index in [1.165, 1.54) is 11.1 Å². The van der Waals surface area contributed by atoms with E-state index < -0.39 is 6.04 Å². The van der Waals surface area contributed by atoms with E-state index in [-0.39, 0.29) is 25.0 Å². The van der Waals surface area contributed by atoms with Crippen molar-refractivity contribution in [2.24, 2.45) is 0 Å². The van der Waals surface area contributed by atoms with Crippen molar-refractivity contribution in [1.82, 2.24) is 9.88 Å². The van der Waals surface area contributed by atoms with Crippen LogP contribution < -0.4 is 19.7 Å². The van der Waals surface area contributed by atoms with Gasteiger partial charge in [-0.25, -0.2) is 0 Å². The number of fused-ring (bicyclic) bond motifs is 2. The summed E-state index contributed by atoms with van der Waals surface area (Å²) in [4.78, 5) is 29.0. The van der Waals surface area contributed by atoms with Crippen LogP contribution in [0.5, 0.6) is 11.5 Å². The molecule has 202 valence electrons. The van der Waals surface area contributed by atoms with Crippen LogP contribution in [0.4, 0.5) is 5.69 Å². The molecule has 1 atom stereocenters. The van der Waals surface area contributed by atoms with Crippen molar-refractivity contribution in [3.05, 3.63) is 88.6 Å². The van der Waals surface area contributed by atoms with Crippen molar-refractivity contribution in [2.75, 3.05) is 18.7 Å². The van der Waals surface area contributed by atoms with Gasteiger partial charge in [0.25, 0.3) is 0 Å². The molecule has 0 radical (unpaired) electrons. The molecular weight excluding hydrogens is 490 g/mol. The van der Waals surface area contributed by atoms with Crippen molar-refractivity contribution in [1.29, 1.82) is 0 Å². The summed E-state index contributed by atoms with van der Waals surface area (Å²) in [6, 6.07) is 18.7. The maximum absolute atomic E-state index is 13.8. The van der Waals surface area contributed by atoms with Gasteiger partial charge < -0.3 is 24.3 Å². The van der Waals surface area contributed by atoms with Crippen LogP contribution in [-0.2, 0) is 29.0 Å². The number of aromatic nitrogens is 1. The summed E-state index contributed by atoms with van der Waals surface area (Å²) in [6.07, 6.45) is 0.583. The van der Waals surface area contributed by atoms with Gasteiger partial charge in [-0.1, -0.05) is 42.5 Å². The van der Waals surface area contributed by atoms with E-state index in [2.05, 4.69) is 49.7 Å². The average molecular weight is 526 g/mol. The third-order valence-electron chi connectivity index (χ3n) is 7.64. The molecule has 1 aliphatic heterocycles. The smallest absolute Gasteiger partial charge is 0.249 e. The number of carbonyl (C=O) groups is 2. The predicted molar refractivity (Wildman–Crippen MR) is 154 cm³/mol. The number of nitrogens with one attached hydrogen (secondary N) is 1. The van der Waals surface area contributed by atoms with Crippen LogP contribution in [0.25, 0.3) is 10.9 Å². The third-order valence-corrected chi connectivity index (χ3v) is 7.64. The lowest BCUT2D eigenvalue weighted by molar-refractivity contribution is -0.127. The minimum absolute atomic E-state index is 0.163. The lowest BCUT2D eigenvalue weighted by Crippen LogP contribution is -2.49. The fourth-order valence-electron chi connectivity index (χ4n) is 5.56. The molecule has 5 rings (SSSR count). The molecule has 3 aromatic carbocycles. The summed E-state index contributed by atoms with van der Waals surface area (Å²) in [7, 11) is 1.72. The van der Waals surface area contributed by atoms with Crippen LogP contribution in [0.1, 0.15) is 34.9 Å². The van der Waals surface area contributed by atoms with Gasteiger partial charge in [-0.05, 0) is 62.1 Å². The quantitative estimate of drug-likeness (QED) is 0.341. The molecule has 0 saturated carbocycles. The van der Waals surface area contributed by atoms with Gasteiger partial charge in [0.15, 0.2) is 11.5 Å². The molecular formula is C32H35N3O4. The molecule has 0 aliphatic carbocycles. The Labute approximate surface area is 229 Å². The highest BCUT2D eigenvalue weighted by Gasteiger charge is 2.28. The summed E-state index contributed by atoms with van der Waals surface area (Å²) in [5, 5.41) is 4.21. The number of anilines is 1. The van der Waals surface area contributed by atoms with Gasteiger partial charge in [-0.2, -0.15) is 0 Å². The van der Waals surface area contributed by atoms with Gasteiger partial charge >= 0.3 is 0 Å². The molecule has 2 amide bonds. The molecule has 1 aromatic heterocycles. The Morgan fingerprint density at radius 1 is 0.974 bits per heavy atom. The first-order valence-corrected chi connectivity index (χ1v) is 13.4. The largest absolute Gasteiger partial charge is 0.454 e. The van der Waals surface area contributed by atoms with Gasteiger partial charge in [-0.15, -0.1) is 0 Å². The summed E-state index contributed by atoms with van der Waals surface area (Å²) in [6.45, 7) is 9.38. The van der Waals surface area contributed by atoms with E-state index in [1.54, 1.807) is 24.1 Å². The van der Waals surface area contributed by atoms with Crippen molar-refractivity contribution in [3.63, 3.8) is 0 Å². The van der Waals surface area contributed by atoms with Crippen LogP contribution in [0.3, 0.4) is 0 Å². The Kier molecular flexibility index (Phi) is 7.33. The second kappa shape index (κ2) is 10.8. The van der Waals surface area contributed by atoms with E-state index in [1.807, 2.05) is 36.4 Å². The zero-order valence-electron chi connectivity index (χ0n) is 23.2. The Morgan fingerprint density at radius 2 is 1.69 bits per heavy atom. The second-order valence-electron chi connectivity index (χ2n) is 10.2. The van der Waals surface area contributed by atoms with Gasteiger partial charge in [0, 0.05) is 42.8 Å². The number of carbonyl (C=O) groups excluding carboxylic acids is 2. The lowest BCUT2D eigenvalue weighted by Gasteiger charge is -2.25. The number of hydrogen-bond acceptors (Lipinski definition) is 4. The normalized spacial score (nSPS) is 12.9. The molecule has 1 unspecified atom stereocenters. The van der Waals surface area contributed by atoms with Crippen molar-refractivity contribution in [2.45, 2.75) is 53.1 Å². The molecule has 7 nitrogen and oxygen atoms in total. The molecule has 0 bridgehead atoms. The Morgan fingerprint density at radius 3 is 2.44 bits per heavy atom. The predicted octanol–water partition coefficient (Wildman–Crippen LogP) is 5.25. The third kappa shape index (κ3) is 5.09. The van der Waals surface area contributed by atoms with Gasteiger partial charge in [-0.3, -0.25) is 9.59 Å². The van der Waals surface area contributed by atoms with E-state index in [0.717, 1.165) is 34.3 Å². The molecule has 1 aliphatic rings. The topological polar surface area (TPSA) is 72.8 Å². The number of aryl methyl sites for hydroxylation is 3. The highest BCUT2D eigenvalue weighted by molar-refractivity contribution is 6.00. The standard InChI is InChI=1S/C32H35N3O4/c1-6-35-22(4)25(30-20(2)12-13-21(3)31(30)35)18-29(36)33-26(16-23-10-8-7-9-11-23)32(37)34(5)24-14-15-27-28(17-24)39-19-38-27/h7-15,17,26H,6,16,18-19H2,1-5H3,(H,33,36). The first-order chi connectivity index (χ1) is 18.8. The summed E-state index contributed by atoms with van der Waals surface area (Å²) >= 11 is 0. The van der Waals surface area contributed by atoms with E-state index in [0.29, 0.717) is 23.6 Å². The van der Waals surface area contributed by atoms with Crippen molar-refractivity contribution >= 4 is 28.4 Å². The first-order valence-electron chi connectivity index (χ1n) is 13.4. The molecule has 7 heteroatoms. The number of benzene rings is 3. The zero-order valence-corrected chi connectivity index (χ0v) is 23.2. The summed E-state index contributed by atoms with van der Waals surface area (Å²) in [5.74, 6) is 0.874. The molecule has 0 saturated heterocycles. The molecule has 1 N–H and O–H groups in total. The Hall–Kier alpha value is -4.26. The zero-order chi connectivity index (χ0) is 27.7. The van der Waals surface area contributed by atoms with Crippen LogP contribution in [0.15, 0.2) is 60.7 Å². The minimum atomic E-state index is -0.738. The van der Waals surface area contributed by atoms with Crippen molar-refractivity contribution in [3.8, 4) is 11.5 Å². The van der Waals surface area contributed by atoms with Crippen LogP contribution >= 0.6 is 0 Å². The number of hydrogen-bond donors (Lipinski definition) is 1. The van der Waals surface area contributed by atoms with Gasteiger partial charge in [0.2, 0.25) is 18.6 Å². The molecule has 39 heavy (non-hydrogen) atoms. The monoisotopic (exact) mass is 525 g/mol. The Bertz CT molecular complexity index is 1540. The molecule has 2 heterocycles. The summed E-state index contributed by atoms with van der Waals surface area (Å²) in [5.41, 5.74) is 7.26. The minimum Gasteiger partial charge on any atom is -0.454 e. The number of ether oxygens (including phenoxy) is 2. The van der Waals surface area contributed by atoms with Crippen LogP contribution in [-0.4, -0.2) is 36.3 Å². The Balaban J connectivity index is 1.43. The molecule has 0 spiro atoms. The van der Waals surface area contributed by atoms with Gasteiger partial charge in [0.1, 0.15) is 6.04 Å². The second-order valence-corrected chi connectivity index (χ2v) is 10.2.